The van der Waals surface area contributed by atoms with E-state index in [0.29, 0.717) is 11.9 Å². The zero-order chi connectivity index (χ0) is 19.2. The maximum absolute atomic E-state index is 13.4. The van der Waals surface area contributed by atoms with Crippen LogP contribution in [0.4, 0.5) is 24.7 Å². The molecular formula is C17H19F3N6. The number of aromatic nitrogens is 2. The van der Waals surface area contributed by atoms with Gasteiger partial charge in [0.05, 0.1) is 5.70 Å². The number of anilines is 2. The summed E-state index contributed by atoms with van der Waals surface area (Å²) in [5.74, 6) is -0.0673. The van der Waals surface area contributed by atoms with Crippen molar-refractivity contribution in [3.05, 3.63) is 59.6 Å². The highest BCUT2D eigenvalue weighted by Crippen LogP contribution is 2.29. The fourth-order valence-electron chi connectivity index (χ4n) is 2.17. The summed E-state index contributed by atoms with van der Waals surface area (Å²) in [7, 11) is 3.85. The van der Waals surface area contributed by atoms with E-state index in [4.69, 9.17) is 5.41 Å². The van der Waals surface area contributed by atoms with E-state index >= 15 is 0 Å². The Morgan fingerprint density at radius 2 is 1.85 bits per heavy atom. The molecule has 0 atom stereocenters. The van der Waals surface area contributed by atoms with Crippen LogP contribution in [0.2, 0.25) is 0 Å². The van der Waals surface area contributed by atoms with Crippen molar-refractivity contribution in [2.75, 3.05) is 24.7 Å². The fraction of sp³-hybridized carbons (Fsp3) is 0.235. The first-order chi connectivity index (χ1) is 12.3. The molecule has 1 aromatic heterocycles. The van der Waals surface area contributed by atoms with Gasteiger partial charge in [-0.05, 0) is 43.9 Å². The lowest BCUT2D eigenvalue weighted by atomic mass is 10.2. The monoisotopic (exact) mass is 364 g/mol. The highest BCUT2D eigenvalue weighted by Gasteiger charge is 2.37. The molecule has 6 nitrogen and oxygen atoms in total. The van der Waals surface area contributed by atoms with Gasteiger partial charge >= 0.3 is 6.18 Å². The van der Waals surface area contributed by atoms with Gasteiger partial charge in [-0.3, -0.25) is 0 Å². The van der Waals surface area contributed by atoms with Crippen molar-refractivity contribution in [3.8, 4) is 0 Å². The lowest BCUT2D eigenvalue weighted by molar-refractivity contribution is -0.0907. The van der Waals surface area contributed by atoms with Gasteiger partial charge in [-0.2, -0.15) is 18.3 Å². The molecule has 2 rings (SSSR count). The van der Waals surface area contributed by atoms with Gasteiger partial charge in [-0.15, -0.1) is 5.10 Å². The smallest absolute Gasteiger partial charge is 0.353 e. The summed E-state index contributed by atoms with van der Waals surface area (Å²) < 4.78 is 40.3. The van der Waals surface area contributed by atoms with E-state index in [9.17, 15) is 13.2 Å². The largest absolute Gasteiger partial charge is 0.433 e. The van der Waals surface area contributed by atoms with E-state index in [-0.39, 0.29) is 5.82 Å². The van der Waals surface area contributed by atoms with E-state index in [0.717, 1.165) is 12.1 Å². The number of rotatable bonds is 7. The first kappa shape index (κ1) is 19.4. The van der Waals surface area contributed by atoms with Gasteiger partial charge < -0.3 is 20.9 Å². The number of benzene rings is 1. The summed E-state index contributed by atoms with van der Waals surface area (Å²) in [4.78, 5) is 1.98. The van der Waals surface area contributed by atoms with E-state index in [1.807, 2.05) is 31.1 Å². The molecule has 0 saturated heterocycles. The molecule has 26 heavy (non-hydrogen) atoms. The molecule has 3 N–H and O–H groups in total. The number of allylic oxidation sites excluding steroid dienone is 2. The quantitative estimate of drug-likeness (QED) is 0.656. The molecule has 0 aliphatic rings. The van der Waals surface area contributed by atoms with E-state index < -0.39 is 17.6 Å². The molecule has 0 radical (unpaired) electrons. The Morgan fingerprint density at radius 3 is 2.35 bits per heavy atom. The first-order valence-corrected chi connectivity index (χ1v) is 7.67. The molecule has 0 saturated carbocycles. The molecule has 0 amide bonds. The van der Waals surface area contributed by atoms with Gasteiger partial charge in [-0.1, -0.05) is 12.1 Å². The SMILES string of the molecule is CN(C)Cc1ccc(N/C(C=N)=C(/Nc2cccnn2)C(F)(F)F)cc1. The van der Waals surface area contributed by atoms with Crippen molar-refractivity contribution < 1.29 is 13.2 Å². The van der Waals surface area contributed by atoms with Crippen LogP contribution in [0, 0.1) is 5.41 Å². The minimum Gasteiger partial charge on any atom is -0.353 e. The lowest BCUT2D eigenvalue weighted by Crippen LogP contribution is -2.25. The molecule has 9 heteroatoms. The van der Waals surface area contributed by atoms with Crippen LogP contribution in [-0.4, -0.2) is 41.6 Å². The molecule has 0 spiro atoms. The number of nitrogens with zero attached hydrogens (tertiary/aromatic N) is 3. The molecule has 1 heterocycles. The number of alkyl halides is 3. The predicted octanol–water partition coefficient (Wildman–Crippen LogP) is 3.49. The van der Waals surface area contributed by atoms with Crippen molar-refractivity contribution in [2.24, 2.45) is 0 Å². The molecule has 0 unspecified atom stereocenters. The average molecular weight is 364 g/mol. The second-order valence-corrected chi connectivity index (χ2v) is 5.72. The Balaban J connectivity index is 2.29. The second-order valence-electron chi connectivity index (χ2n) is 5.72. The molecule has 1 aromatic carbocycles. The van der Waals surface area contributed by atoms with Crippen LogP contribution >= 0.6 is 0 Å². The maximum Gasteiger partial charge on any atom is 0.433 e. The first-order valence-electron chi connectivity index (χ1n) is 7.67. The minimum atomic E-state index is -4.71. The standard InChI is InChI=1S/C17H19F3N6/c1-26(2)11-12-5-7-13(8-6-12)23-14(10-21)16(17(18,19)20)24-15-4-3-9-22-25-15/h3-10,21,23H,11H2,1-2H3,(H,24,25)/b16-14+,21-10?. The van der Waals surface area contributed by atoms with Crippen LogP contribution < -0.4 is 10.6 Å². The van der Waals surface area contributed by atoms with E-state index in [2.05, 4.69) is 20.8 Å². The second kappa shape index (κ2) is 8.43. The molecule has 138 valence electrons. The van der Waals surface area contributed by atoms with E-state index in [1.54, 1.807) is 12.1 Å². The van der Waals surface area contributed by atoms with Gasteiger partial charge in [0, 0.05) is 24.6 Å². The average Bonchev–Trinajstić information content (AvgIpc) is 2.59. The van der Waals surface area contributed by atoms with Crippen LogP contribution in [0.5, 0.6) is 0 Å². The number of nitrogens with one attached hydrogen (secondary N) is 3. The lowest BCUT2D eigenvalue weighted by Gasteiger charge is -2.18. The van der Waals surface area contributed by atoms with Crippen molar-refractivity contribution in [1.82, 2.24) is 15.1 Å². The third-order valence-corrected chi connectivity index (χ3v) is 3.25. The maximum atomic E-state index is 13.4. The number of hydrogen-bond acceptors (Lipinski definition) is 6. The predicted molar refractivity (Wildman–Crippen MR) is 95.0 cm³/mol. The van der Waals surface area contributed by atoms with Crippen molar-refractivity contribution in [2.45, 2.75) is 12.7 Å². The summed E-state index contributed by atoms with van der Waals surface area (Å²) in [5, 5.41) is 19.3. The van der Waals surface area contributed by atoms with Crippen molar-refractivity contribution in [1.29, 1.82) is 5.41 Å². The van der Waals surface area contributed by atoms with Gasteiger partial charge in [0.1, 0.15) is 5.70 Å². The normalized spacial score (nSPS) is 12.5. The van der Waals surface area contributed by atoms with Gasteiger partial charge in [0.25, 0.3) is 0 Å². The molecule has 0 bridgehead atoms. The van der Waals surface area contributed by atoms with Crippen molar-refractivity contribution >= 4 is 17.7 Å². The van der Waals surface area contributed by atoms with Gasteiger partial charge in [-0.25, -0.2) is 0 Å². The highest BCUT2D eigenvalue weighted by atomic mass is 19.4. The summed E-state index contributed by atoms with van der Waals surface area (Å²) in [5.41, 5.74) is -0.0859. The van der Waals surface area contributed by atoms with Crippen LogP contribution in [0.15, 0.2) is 54.0 Å². The van der Waals surface area contributed by atoms with Crippen LogP contribution in [0.3, 0.4) is 0 Å². The third kappa shape index (κ3) is 5.55. The Kier molecular flexibility index (Phi) is 6.29. The van der Waals surface area contributed by atoms with Crippen LogP contribution in [0.25, 0.3) is 0 Å². The molecule has 0 aliphatic heterocycles. The zero-order valence-corrected chi connectivity index (χ0v) is 14.3. The van der Waals surface area contributed by atoms with Gasteiger partial charge in [0.2, 0.25) is 0 Å². The van der Waals surface area contributed by atoms with E-state index in [1.165, 1.54) is 18.3 Å². The number of hydrogen-bond donors (Lipinski definition) is 3. The summed E-state index contributed by atoms with van der Waals surface area (Å²) >= 11 is 0. The fourth-order valence-corrected chi connectivity index (χ4v) is 2.17. The Bertz CT molecular complexity index is 754. The molecular weight excluding hydrogens is 345 g/mol. The Hall–Kier alpha value is -2.94. The summed E-state index contributed by atoms with van der Waals surface area (Å²) in [6, 6.07) is 9.78. The topological polar surface area (TPSA) is 76.9 Å². The zero-order valence-electron chi connectivity index (χ0n) is 14.3. The summed E-state index contributed by atoms with van der Waals surface area (Å²) in [6.07, 6.45) is -2.74. The van der Waals surface area contributed by atoms with Crippen LogP contribution in [0.1, 0.15) is 5.56 Å². The highest BCUT2D eigenvalue weighted by molar-refractivity contribution is 5.83. The van der Waals surface area contributed by atoms with Crippen LogP contribution in [-0.2, 0) is 6.54 Å². The molecule has 0 fully saturated rings. The molecule has 2 aromatic rings. The minimum absolute atomic E-state index is 0.0673. The Morgan fingerprint density at radius 1 is 1.15 bits per heavy atom. The number of halogens is 3. The van der Waals surface area contributed by atoms with Gasteiger partial charge in [0.15, 0.2) is 5.82 Å². The van der Waals surface area contributed by atoms with Crippen molar-refractivity contribution in [3.63, 3.8) is 0 Å². The third-order valence-electron chi connectivity index (χ3n) is 3.25. The Labute approximate surface area is 149 Å². The summed E-state index contributed by atoms with van der Waals surface area (Å²) in [6.45, 7) is 0.718. The molecule has 0 aliphatic carbocycles.